The quantitative estimate of drug-likeness (QED) is 0.315. The lowest BCUT2D eigenvalue weighted by Crippen LogP contribution is -2.09. The summed E-state index contributed by atoms with van der Waals surface area (Å²) in [5, 5.41) is 0.994. The highest BCUT2D eigenvalue weighted by Gasteiger charge is 2.16. The third-order valence-corrected chi connectivity index (χ3v) is 5.67. The van der Waals surface area contributed by atoms with Gasteiger partial charge in [-0.3, -0.25) is 0 Å². The molecule has 0 aliphatic heterocycles. The van der Waals surface area contributed by atoms with Crippen molar-refractivity contribution in [2.45, 2.75) is 0 Å². The molecule has 0 atom stereocenters. The van der Waals surface area contributed by atoms with Crippen LogP contribution in [0.1, 0.15) is 16.7 Å². The van der Waals surface area contributed by atoms with Crippen molar-refractivity contribution in [3.05, 3.63) is 102 Å². The van der Waals surface area contributed by atoms with Crippen LogP contribution in [0.5, 0.6) is 0 Å². The van der Waals surface area contributed by atoms with Gasteiger partial charge in [-0.25, -0.2) is 0 Å². The van der Waals surface area contributed by atoms with Gasteiger partial charge in [0.2, 0.25) is 0 Å². The molecule has 0 saturated heterocycles. The second-order valence-corrected chi connectivity index (χ2v) is 7.61. The Bertz CT molecular complexity index is 1370. The maximum atomic E-state index is 5.57. The van der Waals surface area contributed by atoms with E-state index < -0.39 is 0 Å². The van der Waals surface area contributed by atoms with Gasteiger partial charge < -0.3 is 0 Å². The van der Waals surface area contributed by atoms with E-state index in [1.54, 1.807) is 0 Å². The summed E-state index contributed by atoms with van der Waals surface area (Å²) in [6.07, 6.45) is 16.7. The Morgan fingerprint density at radius 1 is 0.452 bits per heavy atom. The number of hydrogen-bond donors (Lipinski definition) is 0. The maximum Gasteiger partial charge on any atom is 0.0720 e. The van der Waals surface area contributed by atoms with Crippen LogP contribution in [0.15, 0.2) is 84.9 Å². The Morgan fingerprint density at radius 2 is 0.839 bits per heavy atom. The summed E-state index contributed by atoms with van der Waals surface area (Å²) in [6.45, 7) is 0. The van der Waals surface area contributed by atoms with Gasteiger partial charge in [0.25, 0.3) is 0 Å². The molecule has 0 heterocycles. The predicted molar refractivity (Wildman–Crippen MR) is 132 cm³/mol. The first-order valence-electron chi connectivity index (χ1n) is 9.74. The van der Waals surface area contributed by atoms with Gasteiger partial charge in [0.1, 0.15) is 0 Å². The van der Waals surface area contributed by atoms with Crippen LogP contribution in [0, 0.1) is 37.0 Å². The third kappa shape index (κ3) is 3.95. The van der Waals surface area contributed by atoms with E-state index in [-0.39, 0.29) is 0 Å². The van der Waals surface area contributed by atoms with Crippen molar-refractivity contribution in [1.82, 2.24) is 0 Å². The van der Waals surface area contributed by atoms with Crippen LogP contribution in [-0.2, 0) is 0 Å². The summed E-state index contributed by atoms with van der Waals surface area (Å²) in [6, 6.07) is 28.3. The molecule has 0 bridgehead atoms. The summed E-state index contributed by atoms with van der Waals surface area (Å²) in [7, 11) is 3.84. The molecule has 0 saturated carbocycles. The molecule has 0 aliphatic carbocycles. The number of rotatable bonds is 3. The molecule has 0 nitrogen and oxygen atoms in total. The first-order chi connectivity index (χ1) is 15.1. The van der Waals surface area contributed by atoms with E-state index in [4.69, 9.17) is 19.3 Å². The summed E-state index contributed by atoms with van der Waals surface area (Å²) >= 11 is 0. The Labute approximate surface area is 187 Å². The lowest BCUT2D eigenvalue weighted by molar-refractivity contribution is 1.55. The minimum Gasteiger partial charge on any atom is -0.115 e. The highest BCUT2D eigenvalue weighted by molar-refractivity contribution is 6.37. The molecule has 0 fully saturated rings. The van der Waals surface area contributed by atoms with E-state index in [1.165, 1.54) is 0 Å². The fraction of sp³-hybridized carbons (Fsp3) is 0. The Morgan fingerprint density at radius 3 is 1.26 bits per heavy atom. The molecule has 31 heavy (non-hydrogen) atoms. The van der Waals surface area contributed by atoms with Crippen LogP contribution in [0.2, 0.25) is 0 Å². The monoisotopic (exact) mass is 405 g/mol. The molecule has 4 aromatic rings. The molecule has 0 N–H and O–H groups in total. The van der Waals surface area contributed by atoms with Crippen molar-refractivity contribution in [2.24, 2.45) is 0 Å². The zero-order chi connectivity index (χ0) is 21.8. The van der Waals surface area contributed by atoms with E-state index in [9.17, 15) is 0 Å². The van der Waals surface area contributed by atoms with Crippen molar-refractivity contribution in [3.63, 3.8) is 0 Å². The predicted octanol–water partition coefficient (Wildman–Crippen LogP) is 5.43. The standard InChI is InChI=1S/C30H17Si/c1-4-21-7-13-24(14-8-21)27-19-20-28(31)30(26-17-11-23(6-3)12-18-26)29(27)25-15-9-22(5-2)10-16-25/h1-3,7-20H. The Hall–Kier alpha value is -4.22. The normalized spacial score (nSPS) is 10.0. The average Bonchev–Trinajstić information content (AvgIpc) is 2.84. The fourth-order valence-electron chi connectivity index (χ4n) is 3.66. The maximum absolute atomic E-state index is 5.57. The van der Waals surface area contributed by atoms with Crippen LogP contribution >= 0.6 is 0 Å². The molecule has 1 heteroatoms. The molecule has 141 valence electrons. The van der Waals surface area contributed by atoms with Crippen molar-refractivity contribution in [3.8, 4) is 70.4 Å². The van der Waals surface area contributed by atoms with Gasteiger partial charge in [0.05, 0.1) is 10.2 Å². The van der Waals surface area contributed by atoms with Crippen molar-refractivity contribution in [2.75, 3.05) is 0 Å². The average molecular weight is 406 g/mol. The minimum absolute atomic E-state index is 0.845. The molecule has 3 radical (unpaired) electrons. The van der Waals surface area contributed by atoms with Crippen LogP contribution in [0.3, 0.4) is 0 Å². The van der Waals surface area contributed by atoms with E-state index >= 15 is 0 Å². The largest absolute Gasteiger partial charge is 0.115 e. The number of benzene rings is 4. The second-order valence-electron chi connectivity index (χ2n) is 7.08. The van der Waals surface area contributed by atoms with Crippen molar-refractivity contribution < 1.29 is 0 Å². The lowest BCUT2D eigenvalue weighted by atomic mass is 9.87. The summed E-state index contributed by atoms with van der Waals surface area (Å²) < 4.78 is 0. The first kappa shape index (κ1) is 20.1. The molecule has 0 amide bonds. The fourth-order valence-corrected chi connectivity index (χ4v) is 4.01. The molecule has 0 aromatic heterocycles. The van der Waals surface area contributed by atoms with E-state index in [2.05, 4.69) is 76.5 Å². The minimum atomic E-state index is 0.845. The van der Waals surface area contributed by atoms with Crippen LogP contribution in [0.4, 0.5) is 0 Å². The molecule has 4 aromatic carbocycles. The zero-order valence-corrected chi connectivity index (χ0v) is 17.8. The van der Waals surface area contributed by atoms with E-state index in [1.807, 2.05) is 36.4 Å². The second kappa shape index (κ2) is 8.65. The van der Waals surface area contributed by atoms with Gasteiger partial charge in [-0.2, -0.15) is 0 Å². The third-order valence-electron chi connectivity index (χ3n) is 5.25. The summed E-state index contributed by atoms with van der Waals surface area (Å²) in [5.74, 6) is 8.05. The SMILES string of the molecule is C#Cc1ccc(-c2ccc([Si])c(-c3ccc(C#C)cc3)c2-c2ccc(C#C)cc2)cc1. The van der Waals surface area contributed by atoms with Gasteiger partial charge in [-0.1, -0.05) is 71.5 Å². The molecule has 0 unspecified atom stereocenters. The highest BCUT2D eigenvalue weighted by Crippen LogP contribution is 2.39. The molecule has 0 spiro atoms. The van der Waals surface area contributed by atoms with Gasteiger partial charge in [0, 0.05) is 16.7 Å². The van der Waals surface area contributed by atoms with Crippen molar-refractivity contribution >= 4 is 15.4 Å². The Balaban J connectivity index is 2.01. The van der Waals surface area contributed by atoms with Gasteiger partial charge >= 0.3 is 0 Å². The van der Waals surface area contributed by atoms with Crippen LogP contribution < -0.4 is 5.19 Å². The molecule has 0 aliphatic rings. The van der Waals surface area contributed by atoms with E-state index in [0.29, 0.717) is 0 Å². The zero-order valence-electron chi connectivity index (χ0n) is 16.8. The van der Waals surface area contributed by atoms with Gasteiger partial charge in [-0.15, -0.1) is 19.3 Å². The topological polar surface area (TPSA) is 0 Å². The Kier molecular flexibility index (Phi) is 5.60. The number of hydrogen-bond acceptors (Lipinski definition) is 0. The molecular weight excluding hydrogens is 388 g/mol. The summed E-state index contributed by atoms with van der Waals surface area (Å²) in [4.78, 5) is 0. The number of terminal acetylenes is 3. The molecule has 4 rings (SSSR count). The van der Waals surface area contributed by atoms with Crippen LogP contribution in [0.25, 0.3) is 33.4 Å². The summed E-state index contributed by atoms with van der Waals surface area (Å²) in [5.41, 5.74) is 9.08. The van der Waals surface area contributed by atoms with Gasteiger partial charge in [0.15, 0.2) is 0 Å². The van der Waals surface area contributed by atoms with Gasteiger partial charge in [-0.05, 0) is 69.8 Å². The lowest BCUT2D eigenvalue weighted by Gasteiger charge is -2.19. The van der Waals surface area contributed by atoms with Crippen LogP contribution in [-0.4, -0.2) is 10.2 Å². The van der Waals surface area contributed by atoms with E-state index in [0.717, 1.165) is 55.3 Å². The highest BCUT2D eigenvalue weighted by atomic mass is 28.1. The molecular formula is C30H17Si. The van der Waals surface area contributed by atoms with Crippen molar-refractivity contribution in [1.29, 1.82) is 0 Å². The first-order valence-corrected chi connectivity index (χ1v) is 10.2. The smallest absolute Gasteiger partial charge is 0.0720 e.